The van der Waals surface area contributed by atoms with Gasteiger partial charge in [0.1, 0.15) is 5.76 Å². The second-order valence-electron chi connectivity index (χ2n) is 5.64. The van der Waals surface area contributed by atoms with Crippen LogP contribution in [0.4, 0.5) is 5.69 Å². The first-order valence-corrected chi connectivity index (χ1v) is 9.55. The molecule has 1 aromatic heterocycles. The molecule has 1 N–H and O–H groups in total. The lowest BCUT2D eigenvalue weighted by atomic mass is 10.1. The summed E-state index contributed by atoms with van der Waals surface area (Å²) in [6.45, 7) is 7.96. The van der Waals surface area contributed by atoms with Crippen LogP contribution in [0.3, 0.4) is 0 Å². The Labute approximate surface area is 148 Å². The second kappa shape index (κ2) is 7.79. The van der Waals surface area contributed by atoms with E-state index in [-0.39, 0.29) is 17.2 Å². The zero-order valence-corrected chi connectivity index (χ0v) is 15.7. The standard InChI is InChI=1S/C17H23N3O4S/c1-5-20(6-2)25(22,23)15-9-7-14(8-10-15)18-17(21)11-16-12(3)19-24-13(16)4/h7-10H,5-6,11H2,1-4H3,(H,18,21). The van der Waals surface area contributed by atoms with Crippen molar-refractivity contribution in [2.24, 2.45) is 0 Å². The number of benzene rings is 1. The Morgan fingerprint density at radius 2 is 1.76 bits per heavy atom. The molecule has 0 saturated carbocycles. The molecule has 0 unspecified atom stereocenters. The van der Waals surface area contributed by atoms with Crippen LogP contribution in [0.25, 0.3) is 0 Å². The largest absolute Gasteiger partial charge is 0.361 e. The predicted molar refractivity (Wildman–Crippen MR) is 94.9 cm³/mol. The molecular weight excluding hydrogens is 342 g/mol. The van der Waals surface area contributed by atoms with Crippen LogP contribution < -0.4 is 5.32 Å². The van der Waals surface area contributed by atoms with E-state index in [0.717, 1.165) is 5.56 Å². The number of hydrogen-bond acceptors (Lipinski definition) is 5. The number of nitrogens with zero attached hydrogens (tertiary/aromatic N) is 2. The summed E-state index contributed by atoms with van der Waals surface area (Å²) in [5.74, 6) is 0.405. The maximum Gasteiger partial charge on any atom is 0.243 e. The molecule has 0 spiro atoms. The van der Waals surface area contributed by atoms with Gasteiger partial charge in [-0.25, -0.2) is 8.42 Å². The highest BCUT2D eigenvalue weighted by molar-refractivity contribution is 7.89. The SMILES string of the molecule is CCN(CC)S(=O)(=O)c1ccc(NC(=O)Cc2c(C)noc2C)cc1. The lowest BCUT2D eigenvalue weighted by Crippen LogP contribution is -2.30. The minimum atomic E-state index is -3.50. The fourth-order valence-electron chi connectivity index (χ4n) is 2.54. The fraction of sp³-hybridized carbons (Fsp3) is 0.412. The molecular formula is C17H23N3O4S. The first-order valence-electron chi connectivity index (χ1n) is 8.11. The van der Waals surface area contributed by atoms with Crippen LogP contribution in [0.15, 0.2) is 33.7 Å². The average Bonchev–Trinajstić information content (AvgIpc) is 2.88. The second-order valence-corrected chi connectivity index (χ2v) is 7.58. The molecule has 2 rings (SSSR count). The number of anilines is 1. The molecule has 0 saturated heterocycles. The monoisotopic (exact) mass is 365 g/mol. The van der Waals surface area contributed by atoms with Crippen LogP contribution >= 0.6 is 0 Å². The number of nitrogens with one attached hydrogen (secondary N) is 1. The average molecular weight is 365 g/mol. The van der Waals surface area contributed by atoms with Crippen molar-refractivity contribution in [1.29, 1.82) is 0 Å². The number of carbonyl (C=O) groups excluding carboxylic acids is 1. The van der Waals surface area contributed by atoms with Gasteiger partial charge in [0.15, 0.2) is 0 Å². The van der Waals surface area contributed by atoms with E-state index < -0.39 is 10.0 Å². The molecule has 136 valence electrons. The number of carbonyl (C=O) groups is 1. The van der Waals surface area contributed by atoms with Crippen LogP contribution in [0, 0.1) is 13.8 Å². The maximum atomic E-state index is 12.4. The fourth-order valence-corrected chi connectivity index (χ4v) is 4.00. The van der Waals surface area contributed by atoms with Gasteiger partial charge in [-0.15, -0.1) is 0 Å². The van der Waals surface area contributed by atoms with Crippen molar-refractivity contribution in [3.05, 3.63) is 41.3 Å². The van der Waals surface area contributed by atoms with Crippen molar-refractivity contribution in [3.8, 4) is 0 Å². The zero-order valence-electron chi connectivity index (χ0n) is 14.9. The Morgan fingerprint density at radius 1 is 1.16 bits per heavy atom. The van der Waals surface area contributed by atoms with E-state index in [4.69, 9.17) is 4.52 Å². The van der Waals surface area contributed by atoms with Gasteiger partial charge in [-0.05, 0) is 38.1 Å². The third-order valence-corrected chi connectivity index (χ3v) is 6.06. The van der Waals surface area contributed by atoms with Gasteiger partial charge in [0.05, 0.1) is 17.0 Å². The van der Waals surface area contributed by atoms with Crippen molar-refractivity contribution in [1.82, 2.24) is 9.46 Å². The Kier molecular flexibility index (Phi) is 5.97. The van der Waals surface area contributed by atoms with Crippen LogP contribution in [-0.2, 0) is 21.2 Å². The van der Waals surface area contributed by atoms with Gasteiger partial charge in [0, 0.05) is 24.3 Å². The minimum absolute atomic E-state index is 0.153. The van der Waals surface area contributed by atoms with Crippen molar-refractivity contribution < 1.29 is 17.7 Å². The molecule has 7 nitrogen and oxygen atoms in total. The van der Waals surface area contributed by atoms with Crippen LogP contribution in [0.5, 0.6) is 0 Å². The molecule has 2 aromatic rings. The highest BCUT2D eigenvalue weighted by atomic mass is 32.2. The van der Waals surface area contributed by atoms with Gasteiger partial charge < -0.3 is 9.84 Å². The molecule has 0 aliphatic carbocycles. The molecule has 0 aliphatic rings. The number of aromatic nitrogens is 1. The molecule has 1 heterocycles. The molecule has 0 atom stereocenters. The van der Waals surface area contributed by atoms with Crippen molar-refractivity contribution >= 4 is 21.6 Å². The number of amides is 1. The summed E-state index contributed by atoms with van der Waals surface area (Å²) in [5.41, 5.74) is 1.99. The van der Waals surface area contributed by atoms with E-state index in [2.05, 4.69) is 10.5 Å². The molecule has 0 fully saturated rings. The van der Waals surface area contributed by atoms with Crippen molar-refractivity contribution in [2.45, 2.75) is 39.0 Å². The van der Waals surface area contributed by atoms with Crippen molar-refractivity contribution in [3.63, 3.8) is 0 Å². The van der Waals surface area contributed by atoms with Crippen LogP contribution in [0.2, 0.25) is 0 Å². The Bertz CT molecular complexity index is 818. The van der Waals surface area contributed by atoms with Gasteiger partial charge in [0.2, 0.25) is 15.9 Å². The smallest absolute Gasteiger partial charge is 0.243 e. The molecule has 25 heavy (non-hydrogen) atoms. The molecule has 1 amide bonds. The van der Waals surface area contributed by atoms with E-state index >= 15 is 0 Å². The first-order chi connectivity index (χ1) is 11.8. The summed E-state index contributed by atoms with van der Waals surface area (Å²) in [6, 6.07) is 6.17. The van der Waals surface area contributed by atoms with E-state index in [0.29, 0.717) is 30.2 Å². The number of aryl methyl sites for hydroxylation is 2. The van der Waals surface area contributed by atoms with Gasteiger partial charge in [-0.2, -0.15) is 4.31 Å². The maximum absolute atomic E-state index is 12.4. The highest BCUT2D eigenvalue weighted by Crippen LogP contribution is 2.19. The predicted octanol–water partition coefficient (Wildman–Crippen LogP) is 2.50. The zero-order chi connectivity index (χ0) is 18.6. The number of hydrogen-bond donors (Lipinski definition) is 1. The van der Waals surface area contributed by atoms with Crippen LogP contribution in [-0.4, -0.2) is 36.9 Å². The Balaban J connectivity index is 2.09. The van der Waals surface area contributed by atoms with E-state index in [1.54, 1.807) is 39.8 Å². The van der Waals surface area contributed by atoms with Gasteiger partial charge >= 0.3 is 0 Å². The number of rotatable bonds is 7. The topological polar surface area (TPSA) is 92.5 Å². The molecule has 1 aromatic carbocycles. The number of sulfonamides is 1. The Hall–Kier alpha value is -2.19. The van der Waals surface area contributed by atoms with Gasteiger partial charge in [0.25, 0.3) is 0 Å². The summed E-state index contributed by atoms with van der Waals surface area (Å²) >= 11 is 0. The molecule has 0 radical (unpaired) electrons. The van der Waals surface area contributed by atoms with E-state index in [9.17, 15) is 13.2 Å². The molecule has 8 heteroatoms. The molecule has 0 bridgehead atoms. The van der Waals surface area contributed by atoms with Crippen LogP contribution in [0.1, 0.15) is 30.9 Å². The normalized spacial score (nSPS) is 11.7. The summed E-state index contributed by atoms with van der Waals surface area (Å²) in [7, 11) is -3.50. The summed E-state index contributed by atoms with van der Waals surface area (Å²) in [4.78, 5) is 12.4. The highest BCUT2D eigenvalue weighted by Gasteiger charge is 2.21. The van der Waals surface area contributed by atoms with E-state index in [1.165, 1.54) is 16.4 Å². The minimum Gasteiger partial charge on any atom is -0.361 e. The lowest BCUT2D eigenvalue weighted by Gasteiger charge is -2.18. The summed E-state index contributed by atoms with van der Waals surface area (Å²) in [6.07, 6.45) is 0.153. The van der Waals surface area contributed by atoms with Gasteiger partial charge in [-0.1, -0.05) is 19.0 Å². The summed E-state index contributed by atoms with van der Waals surface area (Å²) in [5, 5.41) is 6.57. The summed E-state index contributed by atoms with van der Waals surface area (Å²) < 4.78 is 31.3. The molecule has 0 aliphatic heterocycles. The first kappa shape index (κ1) is 19.1. The van der Waals surface area contributed by atoms with E-state index in [1.807, 2.05) is 0 Å². The quantitative estimate of drug-likeness (QED) is 0.814. The lowest BCUT2D eigenvalue weighted by molar-refractivity contribution is -0.115. The third kappa shape index (κ3) is 4.26. The van der Waals surface area contributed by atoms with Gasteiger partial charge in [-0.3, -0.25) is 4.79 Å². The Morgan fingerprint density at radius 3 is 2.24 bits per heavy atom. The van der Waals surface area contributed by atoms with Crippen molar-refractivity contribution in [2.75, 3.05) is 18.4 Å². The third-order valence-electron chi connectivity index (χ3n) is 4.00.